The fourth-order valence-corrected chi connectivity index (χ4v) is 2.18. The van der Waals surface area contributed by atoms with Gasteiger partial charge in [0.15, 0.2) is 0 Å². The zero-order valence-corrected chi connectivity index (χ0v) is 13.5. The van der Waals surface area contributed by atoms with Crippen molar-refractivity contribution in [1.82, 2.24) is 0 Å². The standard InChI is InChI=1S/C18H32O3/c1-2-3-11-14-17(19)15-12-9-7-5-4-6-8-10-13-16-18(20)21/h7,9,13,16-17,19H,2-6,8,10-12,14-15H2,1H3,(H,20,21)/b9-7?,16-13-. The van der Waals surface area contributed by atoms with Gasteiger partial charge in [0.25, 0.3) is 0 Å². The summed E-state index contributed by atoms with van der Waals surface area (Å²) in [7, 11) is 0. The van der Waals surface area contributed by atoms with Gasteiger partial charge in [-0.05, 0) is 44.9 Å². The van der Waals surface area contributed by atoms with Crippen LogP contribution in [0.25, 0.3) is 0 Å². The predicted molar refractivity (Wildman–Crippen MR) is 88.4 cm³/mol. The second kappa shape index (κ2) is 15.3. The Balaban J connectivity index is 3.30. The van der Waals surface area contributed by atoms with Gasteiger partial charge in [0.05, 0.1) is 6.10 Å². The van der Waals surface area contributed by atoms with E-state index in [1.807, 2.05) is 0 Å². The topological polar surface area (TPSA) is 57.5 Å². The van der Waals surface area contributed by atoms with Gasteiger partial charge in [-0.3, -0.25) is 0 Å². The lowest BCUT2D eigenvalue weighted by molar-refractivity contribution is -0.131. The van der Waals surface area contributed by atoms with E-state index in [9.17, 15) is 9.90 Å². The minimum atomic E-state index is -0.866. The van der Waals surface area contributed by atoms with Crippen molar-refractivity contribution in [1.29, 1.82) is 0 Å². The van der Waals surface area contributed by atoms with Crippen LogP contribution in [0, 0.1) is 0 Å². The fraction of sp³-hybridized carbons (Fsp3) is 0.722. The number of hydrogen-bond donors (Lipinski definition) is 2. The van der Waals surface area contributed by atoms with Crippen LogP contribution in [0.5, 0.6) is 0 Å². The van der Waals surface area contributed by atoms with Gasteiger partial charge in [-0.1, -0.05) is 50.8 Å². The molecule has 0 aliphatic rings. The first-order chi connectivity index (χ1) is 10.2. The van der Waals surface area contributed by atoms with Crippen LogP contribution in [0.4, 0.5) is 0 Å². The third kappa shape index (κ3) is 16.9. The zero-order chi connectivity index (χ0) is 15.8. The number of allylic oxidation sites excluding steroid dienone is 3. The normalized spacial score (nSPS) is 13.2. The van der Waals surface area contributed by atoms with Crippen LogP contribution in [0.3, 0.4) is 0 Å². The van der Waals surface area contributed by atoms with E-state index in [0.29, 0.717) is 0 Å². The van der Waals surface area contributed by atoms with Gasteiger partial charge < -0.3 is 10.2 Å². The van der Waals surface area contributed by atoms with Crippen molar-refractivity contribution in [2.75, 3.05) is 0 Å². The van der Waals surface area contributed by atoms with Crippen LogP contribution in [-0.2, 0) is 4.79 Å². The van der Waals surface area contributed by atoms with Crippen LogP contribution >= 0.6 is 0 Å². The minimum Gasteiger partial charge on any atom is -0.478 e. The summed E-state index contributed by atoms with van der Waals surface area (Å²) in [5, 5.41) is 18.2. The lowest BCUT2D eigenvalue weighted by atomic mass is 10.1. The van der Waals surface area contributed by atoms with Crippen LogP contribution in [0.1, 0.15) is 77.6 Å². The van der Waals surface area contributed by atoms with E-state index in [0.717, 1.165) is 57.8 Å². The second-order valence-electron chi connectivity index (χ2n) is 5.58. The predicted octanol–water partition coefficient (Wildman–Crippen LogP) is 4.86. The van der Waals surface area contributed by atoms with Gasteiger partial charge in [-0.2, -0.15) is 0 Å². The van der Waals surface area contributed by atoms with E-state index >= 15 is 0 Å². The Morgan fingerprint density at radius 1 is 0.905 bits per heavy atom. The maximum atomic E-state index is 10.2. The summed E-state index contributed by atoms with van der Waals surface area (Å²) in [5.74, 6) is -0.866. The number of carbonyl (C=O) groups is 1. The highest BCUT2D eigenvalue weighted by molar-refractivity contribution is 5.79. The average Bonchev–Trinajstić information content (AvgIpc) is 2.44. The van der Waals surface area contributed by atoms with Crippen molar-refractivity contribution >= 4 is 5.97 Å². The molecule has 0 aromatic heterocycles. The highest BCUT2D eigenvalue weighted by atomic mass is 16.4. The Morgan fingerprint density at radius 2 is 1.57 bits per heavy atom. The molecule has 0 saturated carbocycles. The molecule has 2 N–H and O–H groups in total. The van der Waals surface area contributed by atoms with E-state index in [4.69, 9.17) is 5.11 Å². The van der Waals surface area contributed by atoms with Gasteiger partial charge in [-0.15, -0.1) is 0 Å². The molecule has 0 aliphatic carbocycles. The lowest BCUT2D eigenvalue weighted by Gasteiger charge is -2.07. The summed E-state index contributed by atoms with van der Waals surface area (Å²) in [6, 6.07) is 0. The number of unbranched alkanes of at least 4 members (excludes halogenated alkanes) is 6. The molecule has 0 aliphatic heterocycles. The second-order valence-corrected chi connectivity index (χ2v) is 5.58. The first-order valence-electron chi connectivity index (χ1n) is 8.39. The molecular formula is C18H32O3. The van der Waals surface area contributed by atoms with Crippen LogP contribution in [-0.4, -0.2) is 22.3 Å². The molecule has 0 radical (unpaired) electrons. The molecule has 0 rings (SSSR count). The first-order valence-corrected chi connectivity index (χ1v) is 8.39. The summed E-state index contributed by atoms with van der Waals surface area (Å²) in [5.41, 5.74) is 0. The smallest absolute Gasteiger partial charge is 0.327 e. The van der Waals surface area contributed by atoms with E-state index in [1.54, 1.807) is 6.08 Å². The molecule has 0 bridgehead atoms. The summed E-state index contributed by atoms with van der Waals surface area (Å²) in [4.78, 5) is 10.2. The number of aliphatic hydroxyl groups excluding tert-OH is 1. The number of aliphatic carboxylic acids is 1. The van der Waals surface area contributed by atoms with Gasteiger partial charge in [0.1, 0.15) is 0 Å². The zero-order valence-electron chi connectivity index (χ0n) is 13.5. The maximum absolute atomic E-state index is 10.2. The molecule has 1 atom stereocenters. The quantitative estimate of drug-likeness (QED) is 0.273. The average molecular weight is 296 g/mol. The molecule has 21 heavy (non-hydrogen) atoms. The third-order valence-electron chi connectivity index (χ3n) is 3.48. The molecule has 122 valence electrons. The Kier molecular flexibility index (Phi) is 14.5. The van der Waals surface area contributed by atoms with Crippen molar-refractivity contribution in [3.63, 3.8) is 0 Å². The number of aliphatic hydroxyl groups is 1. The van der Waals surface area contributed by atoms with Gasteiger partial charge in [-0.25, -0.2) is 4.79 Å². The van der Waals surface area contributed by atoms with E-state index in [-0.39, 0.29) is 6.10 Å². The van der Waals surface area contributed by atoms with E-state index < -0.39 is 5.97 Å². The SMILES string of the molecule is CCCCCC(O)CCC=CCCCCC/C=C\C(=O)O. The highest BCUT2D eigenvalue weighted by Crippen LogP contribution is 2.09. The third-order valence-corrected chi connectivity index (χ3v) is 3.48. The number of rotatable bonds is 14. The Morgan fingerprint density at radius 3 is 2.24 bits per heavy atom. The summed E-state index contributed by atoms with van der Waals surface area (Å²) < 4.78 is 0. The first kappa shape index (κ1) is 19.9. The molecule has 0 saturated heterocycles. The molecule has 0 spiro atoms. The van der Waals surface area contributed by atoms with Crippen molar-refractivity contribution in [3.05, 3.63) is 24.3 Å². The number of carboxylic acid groups (broad SMARTS) is 1. The maximum Gasteiger partial charge on any atom is 0.327 e. The molecular weight excluding hydrogens is 264 g/mol. The summed E-state index contributed by atoms with van der Waals surface area (Å²) >= 11 is 0. The molecule has 1 unspecified atom stereocenters. The Bertz CT molecular complexity index is 295. The number of carboxylic acids is 1. The molecule has 0 amide bonds. The highest BCUT2D eigenvalue weighted by Gasteiger charge is 2.01. The van der Waals surface area contributed by atoms with Crippen LogP contribution in [0.2, 0.25) is 0 Å². The Labute approximate surface area is 129 Å². The van der Waals surface area contributed by atoms with Crippen LogP contribution in [0.15, 0.2) is 24.3 Å². The van der Waals surface area contributed by atoms with Crippen molar-refractivity contribution in [2.24, 2.45) is 0 Å². The molecule has 3 heteroatoms. The minimum absolute atomic E-state index is 0.137. The molecule has 3 nitrogen and oxygen atoms in total. The van der Waals surface area contributed by atoms with Crippen molar-refractivity contribution in [3.8, 4) is 0 Å². The monoisotopic (exact) mass is 296 g/mol. The van der Waals surface area contributed by atoms with Gasteiger partial charge in [0.2, 0.25) is 0 Å². The van der Waals surface area contributed by atoms with E-state index in [2.05, 4.69) is 19.1 Å². The number of hydrogen-bond acceptors (Lipinski definition) is 2. The van der Waals surface area contributed by atoms with Crippen molar-refractivity contribution in [2.45, 2.75) is 83.7 Å². The summed E-state index contributed by atoms with van der Waals surface area (Å²) in [6.45, 7) is 2.18. The van der Waals surface area contributed by atoms with Crippen molar-refractivity contribution < 1.29 is 15.0 Å². The largest absolute Gasteiger partial charge is 0.478 e. The molecule has 0 fully saturated rings. The van der Waals surface area contributed by atoms with Gasteiger partial charge >= 0.3 is 5.97 Å². The molecule has 0 aromatic rings. The lowest BCUT2D eigenvalue weighted by Crippen LogP contribution is -2.05. The Hall–Kier alpha value is -1.09. The summed E-state index contributed by atoms with van der Waals surface area (Å²) in [6.07, 6.45) is 18.8. The van der Waals surface area contributed by atoms with Crippen LogP contribution < -0.4 is 0 Å². The molecule has 0 heterocycles. The molecule has 0 aromatic carbocycles. The fourth-order valence-electron chi connectivity index (χ4n) is 2.18. The van der Waals surface area contributed by atoms with Gasteiger partial charge in [0, 0.05) is 6.08 Å². The van der Waals surface area contributed by atoms with E-state index in [1.165, 1.54) is 18.9 Å².